The fraction of sp³-hybridized carbons (Fsp3) is 0.429. The van der Waals surface area contributed by atoms with Crippen molar-refractivity contribution in [3.8, 4) is 0 Å². The van der Waals surface area contributed by atoms with Crippen molar-refractivity contribution < 1.29 is 23.1 Å². The fourth-order valence-corrected chi connectivity index (χ4v) is 3.02. The summed E-state index contributed by atoms with van der Waals surface area (Å²) in [5, 5.41) is 9.01. The Bertz CT molecular complexity index is 714. The lowest BCUT2D eigenvalue weighted by Crippen LogP contribution is -2.30. The number of anilines is 1. The molecule has 1 heterocycles. The molecule has 0 bridgehead atoms. The highest BCUT2D eigenvalue weighted by molar-refractivity contribution is 7.92. The number of hydrogen-bond donors (Lipinski definition) is 2. The number of benzene rings is 1. The number of nitrogens with one attached hydrogen (secondary N) is 1. The van der Waals surface area contributed by atoms with E-state index in [4.69, 9.17) is 5.11 Å². The van der Waals surface area contributed by atoms with Crippen LogP contribution in [0.4, 0.5) is 5.69 Å². The van der Waals surface area contributed by atoms with Crippen LogP contribution >= 0.6 is 0 Å². The maximum atomic E-state index is 12.6. The van der Waals surface area contributed by atoms with E-state index in [-0.39, 0.29) is 23.7 Å². The number of carboxylic acid groups (broad SMARTS) is 1. The van der Waals surface area contributed by atoms with Crippen molar-refractivity contribution in [3.63, 3.8) is 0 Å². The highest BCUT2D eigenvalue weighted by atomic mass is 32.2. The normalized spacial score (nSPS) is 18.3. The second-order valence-corrected chi connectivity index (χ2v) is 7.25. The Morgan fingerprint density at radius 1 is 1.36 bits per heavy atom. The van der Waals surface area contributed by atoms with E-state index in [1.54, 1.807) is 19.1 Å². The number of aliphatic carboxylic acids is 1. The minimum atomic E-state index is -3.51. The molecule has 1 unspecified atom stereocenters. The van der Waals surface area contributed by atoms with Gasteiger partial charge in [0.2, 0.25) is 10.0 Å². The van der Waals surface area contributed by atoms with Crippen LogP contribution in [0.15, 0.2) is 18.2 Å². The third-order valence-corrected chi connectivity index (χ3v) is 4.12. The first-order chi connectivity index (χ1) is 10.2. The standard InChI is InChI=1S/C14H18N2O5S/c1-9-3-4-12(15-22(2,20)21)11(7-9)13(17)16-6-5-10(8-16)14(18)19/h3-4,7,10,15H,5-6,8H2,1-2H3,(H,18,19). The molecule has 1 amide bonds. The van der Waals surface area contributed by atoms with Crippen LogP contribution in [0, 0.1) is 12.8 Å². The van der Waals surface area contributed by atoms with Crippen LogP contribution in [-0.2, 0) is 14.8 Å². The number of carbonyl (C=O) groups is 2. The smallest absolute Gasteiger partial charge is 0.308 e. The summed E-state index contributed by atoms with van der Waals surface area (Å²) in [5.74, 6) is -1.85. The third kappa shape index (κ3) is 3.76. The number of likely N-dealkylation sites (tertiary alicyclic amines) is 1. The molecule has 0 aliphatic carbocycles. The zero-order valence-corrected chi connectivity index (χ0v) is 13.2. The van der Waals surface area contributed by atoms with E-state index >= 15 is 0 Å². The van der Waals surface area contributed by atoms with Crippen molar-refractivity contribution in [2.45, 2.75) is 13.3 Å². The topological polar surface area (TPSA) is 104 Å². The minimum Gasteiger partial charge on any atom is -0.481 e. The van der Waals surface area contributed by atoms with Gasteiger partial charge in [0.25, 0.3) is 5.91 Å². The van der Waals surface area contributed by atoms with Crippen molar-refractivity contribution in [3.05, 3.63) is 29.3 Å². The van der Waals surface area contributed by atoms with Crippen molar-refractivity contribution in [2.75, 3.05) is 24.1 Å². The van der Waals surface area contributed by atoms with Gasteiger partial charge in [-0.15, -0.1) is 0 Å². The molecule has 1 atom stereocenters. The van der Waals surface area contributed by atoms with Gasteiger partial charge in [0.15, 0.2) is 0 Å². The molecule has 1 aromatic rings. The van der Waals surface area contributed by atoms with E-state index in [0.29, 0.717) is 13.0 Å². The van der Waals surface area contributed by atoms with Gasteiger partial charge in [-0.05, 0) is 25.5 Å². The zero-order valence-electron chi connectivity index (χ0n) is 12.4. The van der Waals surface area contributed by atoms with Crippen LogP contribution < -0.4 is 4.72 Å². The van der Waals surface area contributed by atoms with Crippen molar-refractivity contribution >= 4 is 27.6 Å². The Morgan fingerprint density at radius 2 is 2.05 bits per heavy atom. The number of sulfonamides is 1. The molecule has 0 aromatic heterocycles. The van der Waals surface area contributed by atoms with E-state index in [2.05, 4.69) is 4.72 Å². The van der Waals surface area contributed by atoms with Gasteiger partial charge in [0.1, 0.15) is 0 Å². The van der Waals surface area contributed by atoms with E-state index in [1.165, 1.54) is 11.0 Å². The highest BCUT2D eigenvalue weighted by Gasteiger charge is 2.32. The van der Waals surface area contributed by atoms with E-state index in [0.717, 1.165) is 11.8 Å². The van der Waals surface area contributed by atoms with Gasteiger partial charge in [-0.2, -0.15) is 0 Å². The van der Waals surface area contributed by atoms with Crippen LogP contribution in [0.25, 0.3) is 0 Å². The maximum absolute atomic E-state index is 12.6. The number of rotatable bonds is 4. The molecule has 120 valence electrons. The SMILES string of the molecule is Cc1ccc(NS(C)(=O)=O)c(C(=O)N2CCC(C(=O)O)C2)c1. The summed E-state index contributed by atoms with van der Waals surface area (Å²) in [7, 11) is -3.51. The monoisotopic (exact) mass is 326 g/mol. The van der Waals surface area contributed by atoms with Gasteiger partial charge in [-0.1, -0.05) is 11.6 Å². The molecular formula is C14H18N2O5S. The predicted octanol–water partition coefficient (Wildman–Crippen LogP) is 0.913. The van der Waals surface area contributed by atoms with Gasteiger partial charge >= 0.3 is 5.97 Å². The molecule has 2 rings (SSSR count). The lowest BCUT2D eigenvalue weighted by atomic mass is 10.1. The number of nitrogens with zero attached hydrogens (tertiary/aromatic N) is 1. The summed E-state index contributed by atoms with van der Waals surface area (Å²) in [6, 6.07) is 4.84. The van der Waals surface area contributed by atoms with Gasteiger partial charge in [0.05, 0.1) is 23.4 Å². The largest absolute Gasteiger partial charge is 0.481 e. The first-order valence-corrected chi connectivity index (χ1v) is 8.67. The fourth-order valence-electron chi connectivity index (χ4n) is 2.44. The summed E-state index contributed by atoms with van der Waals surface area (Å²) in [6.45, 7) is 2.29. The lowest BCUT2D eigenvalue weighted by Gasteiger charge is -2.18. The number of carboxylic acids is 1. The summed E-state index contributed by atoms with van der Waals surface area (Å²) in [6.07, 6.45) is 1.42. The molecule has 1 aliphatic heterocycles. The van der Waals surface area contributed by atoms with Gasteiger partial charge < -0.3 is 10.0 Å². The Kier molecular flexibility index (Phi) is 4.41. The van der Waals surface area contributed by atoms with Crippen molar-refractivity contribution in [1.82, 2.24) is 4.90 Å². The molecule has 0 radical (unpaired) electrons. The van der Waals surface area contributed by atoms with Gasteiger partial charge in [-0.3, -0.25) is 14.3 Å². The van der Waals surface area contributed by atoms with E-state index < -0.39 is 21.9 Å². The number of hydrogen-bond acceptors (Lipinski definition) is 4. The molecule has 7 nitrogen and oxygen atoms in total. The van der Waals surface area contributed by atoms with Crippen LogP contribution in [0.1, 0.15) is 22.3 Å². The van der Waals surface area contributed by atoms with Crippen molar-refractivity contribution in [1.29, 1.82) is 0 Å². The summed E-state index contributed by atoms with van der Waals surface area (Å²) < 4.78 is 25.1. The van der Waals surface area contributed by atoms with Crippen LogP contribution in [-0.4, -0.2) is 49.6 Å². The molecule has 8 heteroatoms. The molecule has 22 heavy (non-hydrogen) atoms. The maximum Gasteiger partial charge on any atom is 0.308 e. The quantitative estimate of drug-likeness (QED) is 0.856. The lowest BCUT2D eigenvalue weighted by molar-refractivity contribution is -0.141. The average Bonchev–Trinajstić information content (AvgIpc) is 2.88. The first kappa shape index (κ1) is 16.3. The van der Waals surface area contributed by atoms with Gasteiger partial charge in [0, 0.05) is 13.1 Å². The molecule has 2 N–H and O–H groups in total. The Balaban J connectivity index is 2.29. The summed E-state index contributed by atoms with van der Waals surface area (Å²) >= 11 is 0. The molecular weight excluding hydrogens is 308 g/mol. The van der Waals surface area contributed by atoms with Crippen LogP contribution in [0.2, 0.25) is 0 Å². The summed E-state index contributed by atoms with van der Waals surface area (Å²) in [5.41, 5.74) is 1.25. The van der Waals surface area contributed by atoms with Crippen LogP contribution in [0.5, 0.6) is 0 Å². The molecule has 1 aromatic carbocycles. The molecule has 1 aliphatic rings. The molecule has 1 fully saturated rings. The van der Waals surface area contributed by atoms with Gasteiger partial charge in [-0.25, -0.2) is 8.42 Å². The molecule has 1 saturated heterocycles. The second-order valence-electron chi connectivity index (χ2n) is 5.50. The Hall–Kier alpha value is -2.09. The predicted molar refractivity (Wildman–Crippen MR) is 81.3 cm³/mol. The van der Waals surface area contributed by atoms with Crippen LogP contribution in [0.3, 0.4) is 0 Å². The third-order valence-electron chi connectivity index (χ3n) is 3.53. The zero-order chi connectivity index (χ0) is 16.5. The average molecular weight is 326 g/mol. The number of aryl methyl sites for hydroxylation is 1. The second kappa shape index (κ2) is 5.96. The Morgan fingerprint density at radius 3 is 2.59 bits per heavy atom. The van der Waals surface area contributed by atoms with E-state index in [9.17, 15) is 18.0 Å². The van der Waals surface area contributed by atoms with Crippen molar-refractivity contribution in [2.24, 2.45) is 5.92 Å². The van der Waals surface area contributed by atoms with E-state index in [1.807, 2.05) is 0 Å². The highest BCUT2D eigenvalue weighted by Crippen LogP contribution is 2.24. The first-order valence-electron chi connectivity index (χ1n) is 6.78. The minimum absolute atomic E-state index is 0.139. The molecule has 0 saturated carbocycles. The number of amides is 1. The summed E-state index contributed by atoms with van der Waals surface area (Å²) in [4.78, 5) is 25.0. The molecule has 0 spiro atoms. The Labute approximate surface area is 129 Å². The number of carbonyl (C=O) groups excluding carboxylic acids is 1.